The number of nitrogens with one attached hydrogen (secondary N) is 1. The number of hydrogen-bond acceptors (Lipinski definition) is 6. The lowest BCUT2D eigenvalue weighted by Gasteiger charge is -2.24. The van der Waals surface area contributed by atoms with Crippen molar-refractivity contribution in [2.45, 2.75) is 45.2 Å². The first-order chi connectivity index (χ1) is 11.1. The van der Waals surface area contributed by atoms with Gasteiger partial charge in [0.1, 0.15) is 0 Å². The van der Waals surface area contributed by atoms with Crippen LogP contribution in [0.15, 0.2) is 29.2 Å². The van der Waals surface area contributed by atoms with Gasteiger partial charge in [0, 0.05) is 5.92 Å². The van der Waals surface area contributed by atoms with Crippen LogP contribution in [0.1, 0.15) is 32.8 Å². The molecule has 0 aliphatic carbocycles. The Kier molecular flexibility index (Phi) is 5.67. The number of carbonyl (C=O) groups excluding carboxylic acids is 1. The Balaban J connectivity index is 1.97. The third-order valence-electron chi connectivity index (χ3n) is 3.88. The fraction of sp³-hybridized carbons (Fsp3) is 0.588. The van der Waals surface area contributed by atoms with Crippen LogP contribution in [0.5, 0.6) is 0 Å². The molecule has 1 N–H and O–H groups in total. The van der Waals surface area contributed by atoms with E-state index in [0.717, 1.165) is 5.56 Å². The average molecular weight is 355 g/mol. The quantitative estimate of drug-likeness (QED) is 0.644. The topological polar surface area (TPSA) is 81.7 Å². The van der Waals surface area contributed by atoms with Crippen LogP contribution in [-0.2, 0) is 23.8 Å². The Morgan fingerprint density at radius 2 is 1.88 bits per heavy atom. The first-order valence-corrected chi connectivity index (χ1v) is 9.41. The molecule has 0 radical (unpaired) electrons. The van der Waals surface area contributed by atoms with Crippen molar-refractivity contribution in [2.24, 2.45) is 11.3 Å². The van der Waals surface area contributed by atoms with Crippen LogP contribution < -0.4 is 5.32 Å². The van der Waals surface area contributed by atoms with Crippen LogP contribution in [0.25, 0.3) is 0 Å². The summed E-state index contributed by atoms with van der Waals surface area (Å²) >= 11 is 0. The Hall–Kier alpha value is -1.44. The molecule has 7 heteroatoms. The molecule has 0 bridgehead atoms. The molecule has 1 heterocycles. The molecule has 24 heavy (non-hydrogen) atoms. The second-order valence-electron chi connectivity index (χ2n) is 7.13. The lowest BCUT2D eigenvalue weighted by molar-refractivity contribution is -0.162. The molecule has 1 unspecified atom stereocenters. The van der Waals surface area contributed by atoms with Crippen molar-refractivity contribution in [1.82, 2.24) is 5.32 Å². The van der Waals surface area contributed by atoms with Gasteiger partial charge in [0.15, 0.2) is 6.23 Å². The van der Waals surface area contributed by atoms with Crippen LogP contribution in [0.4, 0.5) is 0 Å². The number of rotatable bonds is 5. The lowest BCUT2D eigenvalue weighted by atomic mass is 9.97. The van der Waals surface area contributed by atoms with Crippen LogP contribution in [0.2, 0.25) is 0 Å². The van der Waals surface area contributed by atoms with Gasteiger partial charge in [-0.15, -0.1) is 0 Å². The molecule has 1 saturated heterocycles. The van der Waals surface area contributed by atoms with Crippen molar-refractivity contribution in [1.29, 1.82) is 0 Å². The number of benzene rings is 1. The van der Waals surface area contributed by atoms with E-state index in [1.165, 1.54) is 12.1 Å². The molecule has 0 aromatic heterocycles. The van der Waals surface area contributed by atoms with Gasteiger partial charge in [0.25, 0.3) is 10.1 Å². The molecule has 2 atom stereocenters. The molecule has 6 nitrogen and oxygen atoms in total. The maximum absolute atomic E-state index is 12.2. The zero-order valence-electron chi connectivity index (χ0n) is 14.5. The largest absolute Gasteiger partial charge is 0.446 e. The predicted molar refractivity (Wildman–Crippen MR) is 89.8 cm³/mol. The van der Waals surface area contributed by atoms with E-state index in [2.05, 4.69) is 5.32 Å². The van der Waals surface area contributed by atoms with E-state index >= 15 is 0 Å². The summed E-state index contributed by atoms with van der Waals surface area (Å²) in [6.45, 7) is 7.84. The monoisotopic (exact) mass is 355 g/mol. The van der Waals surface area contributed by atoms with Crippen molar-refractivity contribution >= 4 is 16.1 Å². The van der Waals surface area contributed by atoms with Crippen LogP contribution >= 0.6 is 0 Å². The maximum atomic E-state index is 12.2. The van der Waals surface area contributed by atoms with E-state index in [1.54, 1.807) is 32.9 Å². The molecule has 1 aromatic carbocycles. The van der Waals surface area contributed by atoms with Gasteiger partial charge in [-0.05, 0) is 52.8 Å². The van der Waals surface area contributed by atoms with Gasteiger partial charge in [-0.1, -0.05) is 17.7 Å². The first kappa shape index (κ1) is 18.9. The third-order valence-corrected chi connectivity index (χ3v) is 5.18. The van der Waals surface area contributed by atoms with E-state index < -0.39 is 21.8 Å². The van der Waals surface area contributed by atoms with Crippen molar-refractivity contribution in [2.75, 3.05) is 13.2 Å². The van der Waals surface area contributed by atoms with E-state index in [4.69, 9.17) is 8.92 Å². The molecule has 0 amide bonds. The summed E-state index contributed by atoms with van der Waals surface area (Å²) in [7, 11) is -3.81. The van der Waals surface area contributed by atoms with Gasteiger partial charge in [0.2, 0.25) is 0 Å². The fourth-order valence-corrected chi connectivity index (χ4v) is 3.24. The van der Waals surface area contributed by atoms with Crippen molar-refractivity contribution in [3.63, 3.8) is 0 Å². The minimum atomic E-state index is -3.81. The second-order valence-corrected chi connectivity index (χ2v) is 8.75. The van der Waals surface area contributed by atoms with Crippen molar-refractivity contribution < 1.29 is 22.1 Å². The summed E-state index contributed by atoms with van der Waals surface area (Å²) in [4.78, 5) is 12.1. The molecule has 0 spiro atoms. The average Bonchev–Trinajstić information content (AvgIpc) is 2.92. The van der Waals surface area contributed by atoms with Gasteiger partial charge >= 0.3 is 5.97 Å². The third kappa shape index (κ3) is 4.78. The Bertz CT molecular complexity index is 676. The van der Waals surface area contributed by atoms with E-state index in [1.807, 2.05) is 6.92 Å². The number of esters is 1. The Morgan fingerprint density at radius 3 is 2.46 bits per heavy atom. The van der Waals surface area contributed by atoms with Gasteiger partial charge < -0.3 is 4.74 Å². The highest BCUT2D eigenvalue weighted by Gasteiger charge is 2.34. The summed E-state index contributed by atoms with van der Waals surface area (Å²) in [5, 5.41) is 3.08. The molecule has 1 fully saturated rings. The van der Waals surface area contributed by atoms with Crippen molar-refractivity contribution in [3.8, 4) is 0 Å². The molecule has 2 rings (SSSR count). The summed E-state index contributed by atoms with van der Waals surface area (Å²) in [5.41, 5.74) is 0.368. The molecule has 1 aliphatic heterocycles. The maximum Gasteiger partial charge on any atom is 0.312 e. The number of aryl methyl sites for hydroxylation is 1. The smallest absolute Gasteiger partial charge is 0.312 e. The highest BCUT2D eigenvalue weighted by molar-refractivity contribution is 7.86. The molecule has 1 aromatic rings. The molecule has 134 valence electrons. The molecular weight excluding hydrogens is 330 g/mol. The standard InChI is InChI=1S/C17H25NO5S/c1-12-5-7-14(8-6-12)24(20,21)22-11-13-9-10-18-15(13)23-16(19)17(2,3)4/h5-8,13,15,18H,9-11H2,1-4H3/t13-,15?/m0/s1. The zero-order valence-corrected chi connectivity index (χ0v) is 15.4. The lowest BCUT2D eigenvalue weighted by Crippen LogP contribution is -2.38. The SMILES string of the molecule is Cc1ccc(S(=O)(=O)OC[C@@H]2CCNC2OC(=O)C(C)(C)C)cc1. The summed E-state index contributed by atoms with van der Waals surface area (Å²) in [6, 6.07) is 6.49. The normalized spacial score (nSPS) is 21.7. The summed E-state index contributed by atoms with van der Waals surface area (Å²) in [6.07, 6.45) is 0.163. The van der Waals surface area contributed by atoms with Crippen LogP contribution in [-0.4, -0.2) is 33.8 Å². The van der Waals surface area contributed by atoms with Gasteiger partial charge in [-0.3, -0.25) is 14.3 Å². The van der Waals surface area contributed by atoms with E-state index in [9.17, 15) is 13.2 Å². The minimum absolute atomic E-state index is 0.0225. The van der Waals surface area contributed by atoms with Gasteiger partial charge in [-0.25, -0.2) is 0 Å². The minimum Gasteiger partial charge on any atom is -0.446 e. The Labute approximate surface area is 143 Å². The number of ether oxygens (including phenoxy) is 1. The van der Waals surface area contributed by atoms with Crippen molar-refractivity contribution in [3.05, 3.63) is 29.8 Å². The fourth-order valence-electron chi connectivity index (χ4n) is 2.28. The predicted octanol–water partition coefficient (Wildman–Crippen LogP) is 2.23. The molecular formula is C17H25NO5S. The second kappa shape index (κ2) is 7.21. The van der Waals surface area contributed by atoms with E-state index in [0.29, 0.717) is 13.0 Å². The first-order valence-electron chi connectivity index (χ1n) is 8.00. The van der Waals surface area contributed by atoms with Crippen LogP contribution in [0, 0.1) is 18.3 Å². The van der Waals surface area contributed by atoms with E-state index in [-0.39, 0.29) is 23.4 Å². The number of hydrogen-bond donors (Lipinski definition) is 1. The highest BCUT2D eigenvalue weighted by atomic mass is 32.2. The summed E-state index contributed by atoms with van der Waals surface area (Å²) in [5.74, 6) is -0.523. The highest BCUT2D eigenvalue weighted by Crippen LogP contribution is 2.24. The Morgan fingerprint density at radius 1 is 1.25 bits per heavy atom. The zero-order chi connectivity index (χ0) is 18.0. The molecule has 1 aliphatic rings. The molecule has 0 saturated carbocycles. The number of carbonyl (C=O) groups is 1. The van der Waals surface area contributed by atoms with Crippen LogP contribution in [0.3, 0.4) is 0 Å². The van der Waals surface area contributed by atoms with Gasteiger partial charge in [-0.2, -0.15) is 8.42 Å². The van der Waals surface area contributed by atoms with Gasteiger partial charge in [0.05, 0.1) is 16.9 Å². The summed E-state index contributed by atoms with van der Waals surface area (Å²) < 4.78 is 35.1.